The Morgan fingerprint density at radius 1 is 1.07 bits per heavy atom. The van der Waals surface area contributed by atoms with Crippen molar-refractivity contribution in [2.24, 2.45) is 5.92 Å². The summed E-state index contributed by atoms with van der Waals surface area (Å²) in [6, 6.07) is 16.6. The van der Waals surface area contributed by atoms with Gasteiger partial charge in [0.05, 0.1) is 27.8 Å². The van der Waals surface area contributed by atoms with Crippen LogP contribution in [0.4, 0.5) is 0 Å². The SMILES string of the molecule is Cc1nc(COc2ccc(CNC(CC(C)C)c3nc4ccccc4[nH]3)cc2)cs1. The van der Waals surface area contributed by atoms with Crippen LogP contribution in [0, 0.1) is 12.8 Å². The summed E-state index contributed by atoms with van der Waals surface area (Å²) in [6.45, 7) is 7.78. The molecule has 0 spiro atoms. The van der Waals surface area contributed by atoms with Gasteiger partial charge in [0, 0.05) is 11.9 Å². The van der Waals surface area contributed by atoms with Crippen LogP contribution in [-0.4, -0.2) is 15.0 Å². The average Bonchev–Trinajstić information content (AvgIpc) is 3.36. The van der Waals surface area contributed by atoms with Gasteiger partial charge in [-0.05, 0) is 49.1 Å². The number of fused-ring (bicyclic) bond motifs is 1. The number of thiazole rings is 1. The van der Waals surface area contributed by atoms with Crippen molar-refractivity contribution in [1.29, 1.82) is 0 Å². The molecule has 0 aliphatic heterocycles. The van der Waals surface area contributed by atoms with Gasteiger partial charge in [-0.25, -0.2) is 9.97 Å². The van der Waals surface area contributed by atoms with Gasteiger partial charge in [-0.15, -0.1) is 11.3 Å². The summed E-state index contributed by atoms with van der Waals surface area (Å²) < 4.78 is 5.85. The molecule has 2 aromatic heterocycles. The number of hydrogen-bond donors (Lipinski definition) is 2. The fourth-order valence-electron chi connectivity index (χ4n) is 3.48. The third kappa shape index (κ3) is 5.26. The van der Waals surface area contributed by atoms with Crippen molar-refractivity contribution in [3.63, 3.8) is 0 Å². The molecule has 0 radical (unpaired) electrons. The van der Waals surface area contributed by atoms with E-state index in [1.54, 1.807) is 11.3 Å². The zero-order valence-corrected chi connectivity index (χ0v) is 18.5. The van der Waals surface area contributed by atoms with Crippen LogP contribution in [0.2, 0.25) is 0 Å². The molecule has 0 saturated carbocycles. The van der Waals surface area contributed by atoms with Crippen molar-refractivity contribution in [2.45, 2.75) is 46.4 Å². The van der Waals surface area contributed by atoms with E-state index < -0.39 is 0 Å². The van der Waals surface area contributed by atoms with Gasteiger partial charge in [-0.2, -0.15) is 0 Å². The highest BCUT2D eigenvalue weighted by atomic mass is 32.1. The Morgan fingerprint density at radius 3 is 2.57 bits per heavy atom. The standard InChI is InChI=1S/C24H28N4OS/c1-16(2)12-23(24-27-21-6-4-5-7-22(21)28-24)25-13-18-8-10-20(11-9-18)29-14-19-15-30-17(3)26-19/h4-11,15-16,23,25H,12-14H2,1-3H3,(H,27,28). The number of nitrogens with zero attached hydrogens (tertiary/aromatic N) is 2. The maximum absolute atomic E-state index is 5.85. The highest BCUT2D eigenvalue weighted by Crippen LogP contribution is 2.23. The number of nitrogens with one attached hydrogen (secondary N) is 2. The maximum Gasteiger partial charge on any atom is 0.131 e. The van der Waals surface area contributed by atoms with E-state index in [2.05, 4.69) is 47.3 Å². The molecule has 4 rings (SSSR count). The van der Waals surface area contributed by atoms with Crippen molar-refractivity contribution >= 4 is 22.4 Å². The molecule has 0 aliphatic carbocycles. The van der Waals surface area contributed by atoms with E-state index in [1.807, 2.05) is 42.6 Å². The van der Waals surface area contributed by atoms with E-state index in [-0.39, 0.29) is 6.04 Å². The monoisotopic (exact) mass is 420 g/mol. The van der Waals surface area contributed by atoms with E-state index in [9.17, 15) is 0 Å². The minimum absolute atomic E-state index is 0.182. The van der Waals surface area contributed by atoms with E-state index in [0.29, 0.717) is 12.5 Å². The first-order chi connectivity index (χ1) is 14.6. The molecular weight excluding hydrogens is 392 g/mol. The molecule has 6 heteroatoms. The minimum atomic E-state index is 0.182. The van der Waals surface area contributed by atoms with Gasteiger partial charge in [0.1, 0.15) is 18.2 Å². The maximum atomic E-state index is 5.85. The quantitative estimate of drug-likeness (QED) is 0.360. The molecule has 1 unspecified atom stereocenters. The average molecular weight is 421 g/mol. The smallest absolute Gasteiger partial charge is 0.131 e. The normalized spacial score (nSPS) is 12.5. The first-order valence-electron chi connectivity index (χ1n) is 10.4. The van der Waals surface area contributed by atoms with E-state index >= 15 is 0 Å². The van der Waals surface area contributed by atoms with Crippen LogP contribution < -0.4 is 10.1 Å². The number of H-pyrrole nitrogens is 1. The highest BCUT2D eigenvalue weighted by Gasteiger charge is 2.17. The Hall–Kier alpha value is -2.70. The van der Waals surface area contributed by atoms with Gasteiger partial charge in [-0.1, -0.05) is 38.1 Å². The number of aryl methyl sites for hydroxylation is 1. The Morgan fingerprint density at radius 2 is 1.87 bits per heavy atom. The summed E-state index contributed by atoms with van der Waals surface area (Å²) >= 11 is 1.65. The van der Waals surface area contributed by atoms with Crippen LogP contribution in [0.15, 0.2) is 53.9 Å². The van der Waals surface area contributed by atoms with E-state index in [4.69, 9.17) is 9.72 Å². The Labute approximate surface area is 181 Å². The molecule has 2 aromatic carbocycles. The number of para-hydroxylation sites is 2. The van der Waals surface area contributed by atoms with Crippen molar-refractivity contribution in [1.82, 2.24) is 20.3 Å². The van der Waals surface area contributed by atoms with E-state index in [0.717, 1.165) is 46.3 Å². The number of aromatic nitrogens is 3. The predicted molar refractivity (Wildman–Crippen MR) is 123 cm³/mol. The number of rotatable bonds is 9. The van der Waals surface area contributed by atoms with Gasteiger partial charge < -0.3 is 15.0 Å². The van der Waals surface area contributed by atoms with Crippen LogP contribution in [0.25, 0.3) is 11.0 Å². The van der Waals surface area contributed by atoms with Crippen molar-refractivity contribution in [2.75, 3.05) is 0 Å². The van der Waals surface area contributed by atoms with Gasteiger partial charge in [-0.3, -0.25) is 0 Å². The molecule has 30 heavy (non-hydrogen) atoms. The number of hydrogen-bond acceptors (Lipinski definition) is 5. The summed E-state index contributed by atoms with van der Waals surface area (Å²) in [5, 5.41) is 6.79. The molecule has 0 bridgehead atoms. The van der Waals surface area contributed by atoms with Gasteiger partial charge in [0.25, 0.3) is 0 Å². The summed E-state index contributed by atoms with van der Waals surface area (Å²) in [7, 11) is 0. The lowest BCUT2D eigenvalue weighted by Gasteiger charge is -2.19. The summed E-state index contributed by atoms with van der Waals surface area (Å²) in [5.74, 6) is 2.43. The molecule has 0 fully saturated rings. The molecule has 5 nitrogen and oxygen atoms in total. The molecule has 2 N–H and O–H groups in total. The number of ether oxygens (including phenoxy) is 1. The molecule has 4 aromatic rings. The van der Waals surface area contributed by atoms with Crippen LogP contribution in [0.1, 0.15) is 48.4 Å². The molecule has 0 amide bonds. The minimum Gasteiger partial charge on any atom is -0.487 e. The molecule has 0 saturated heterocycles. The lowest BCUT2D eigenvalue weighted by atomic mass is 10.0. The van der Waals surface area contributed by atoms with Crippen molar-refractivity contribution < 1.29 is 4.74 Å². The van der Waals surface area contributed by atoms with Crippen molar-refractivity contribution in [3.8, 4) is 5.75 Å². The van der Waals surface area contributed by atoms with Crippen LogP contribution in [0.5, 0.6) is 5.75 Å². The Kier molecular flexibility index (Phi) is 6.45. The van der Waals surface area contributed by atoms with Gasteiger partial charge >= 0.3 is 0 Å². The second-order valence-corrected chi connectivity index (χ2v) is 9.05. The second-order valence-electron chi connectivity index (χ2n) is 7.99. The second kappa shape index (κ2) is 9.41. The van der Waals surface area contributed by atoms with Crippen LogP contribution in [0.3, 0.4) is 0 Å². The summed E-state index contributed by atoms with van der Waals surface area (Å²) in [4.78, 5) is 12.7. The van der Waals surface area contributed by atoms with E-state index in [1.165, 1.54) is 5.56 Å². The molecular formula is C24H28N4OS. The zero-order valence-electron chi connectivity index (χ0n) is 17.7. The Bertz CT molecular complexity index is 1050. The number of imidazole rings is 1. The predicted octanol–water partition coefficient (Wildman–Crippen LogP) is 5.78. The third-order valence-corrected chi connectivity index (χ3v) is 5.80. The first-order valence-corrected chi connectivity index (χ1v) is 11.3. The molecule has 156 valence electrons. The first kappa shape index (κ1) is 20.6. The number of aromatic amines is 1. The molecule has 2 heterocycles. The Balaban J connectivity index is 1.38. The summed E-state index contributed by atoms with van der Waals surface area (Å²) in [5.41, 5.74) is 4.29. The number of benzene rings is 2. The lowest BCUT2D eigenvalue weighted by Crippen LogP contribution is -2.23. The van der Waals surface area contributed by atoms with Crippen LogP contribution >= 0.6 is 11.3 Å². The molecule has 1 atom stereocenters. The zero-order chi connectivity index (χ0) is 20.9. The largest absolute Gasteiger partial charge is 0.487 e. The lowest BCUT2D eigenvalue weighted by molar-refractivity contribution is 0.302. The highest BCUT2D eigenvalue weighted by molar-refractivity contribution is 7.09. The summed E-state index contributed by atoms with van der Waals surface area (Å²) in [6.07, 6.45) is 1.02. The van der Waals surface area contributed by atoms with Crippen LogP contribution in [-0.2, 0) is 13.2 Å². The fourth-order valence-corrected chi connectivity index (χ4v) is 4.07. The fraction of sp³-hybridized carbons (Fsp3) is 0.333. The third-order valence-electron chi connectivity index (χ3n) is 4.97. The van der Waals surface area contributed by atoms with Gasteiger partial charge in [0.2, 0.25) is 0 Å². The van der Waals surface area contributed by atoms with Gasteiger partial charge in [0.15, 0.2) is 0 Å². The molecule has 0 aliphatic rings. The topological polar surface area (TPSA) is 62.8 Å². The van der Waals surface area contributed by atoms with Crippen molar-refractivity contribution in [3.05, 3.63) is 76.0 Å².